The summed E-state index contributed by atoms with van der Waals surface area (Å²) in [6.45, 7) is 2.25. The largest absolute Gasteiger partial charge is 0.466 e. The van der Waals surface area contributed by atoms with Crippen molar-refractivity contribution < 1.29 is 14.3 Å². The van der Waals surface area contributed by atoms with Crippen LogP contribution in [0.1, 0.15) is 26.2 Å². The van der Waals surface area contributed by atoms with Gasteiger partial charge in [0.1, 0.15) is 0 Å². The quantitative estimate of drug-likeness (QED) is 0.598. The second-order valence-electron chi connectivity index (χ2n) is 4.35. The van der Waals surface area contributed by atoms with Crippen molar-refractivity contribution in [1.29, 1.82) is 0 Å². The first kappa shape index (κ1) is 18.7. The highest BCUT2D eigenvalue weighted by atomic mass is 35.5. The molecule has 1 rings (SSSR count). The number of anilines is 1. The number of halogens is 2. The number of hydrogen-bond donors (Lipinski definition) is 2. The number of benzene rings is 1. The van der Waals surface area contributed by atoms with E-state index in [2.05, 4.69) is 10.6 Å². The zero-order chi connectivity index (χ0) is 16.5. The highest BCUT2D eigenvalue weighted by Gasteiger charge is 2.10. The second-order valence-corrected chi connectivity index (χ2v) is 5.60. The van der Waals surface area contributed by atoms with Gasteiger partial charge < -0.3 is 15.4 Å². The average Bonchev–Trinajstić information content (AvgIpc) is 2.46. The monoisotopic (exact) mass is 362 g/mol. The lowest BCUT2D eigenvalue weighted by Gasteiger charge is -2.11. The number of thiocarbonyl (C=S) groups is 1. The fourth-order valence-corrected chi connectivity index (χ4v) is 2.00. The van der Waals surface area contributed by atoms with E-state index in [4.69, 9.17) is 40.2 Å². The lowest BCUT2D eigenvalue weighted by Crippen LogP contribution is -2.34. The Morgan fingerprint density at radius 3 is 2.68 bits per heavy atom. The number of ether oxygens (including phenoxy) is 1. The summed E-state index contributed by atoms with van der Waals surface area (Å²) in [5.74, 6) is -0.794. The van der Waals surface area contributed by atoms with Crippen LogP contribution in [0.5, 0.6) is 0 Å². The number of nitrogens with one attached hydrogen (secondary N) is 2. The minimum absolute atomic E-state index is 0.00630. The first-order valence-electron chi connectivity index (χ1n) is 6.64. The van der Waals surface area contributed by atoms with Crippen molar-refractivity contribution in [3.05, 3.63) is 28.2 Å². The molecule has 0 unspecified atom stereocenters. The Balaban J connectivity index is 2.40. The van der Waals surface area contributed by atoms with Gasteiger partial charge in [0.25, 0.3) is 0 Å². The lowest BCUT2D eigenvalue weighted by molar-refractivity contribution is -0.144. The number of hydrogen-bond acceptors (Lipinski definition) is 4. The molecule has 0 fully saturated rings. The van der Waals surface area contributed by atoms with Crippen LogP contribution in [0.15, 0.2) is 18.2 Å². The van der Waals surface area contributed by atoms with Crippen LogP contribution >= 0.6 is 35.4 Å². The number of esters is 1. The molecule has 8 heteroatoms. The van der Waals surface area contributed by atoms with Crippen LogP contribution < -0.4 is 10.6 Å². The van der Waals surface area contributed by atoms with Crippen molar-refractivity contribution in [3.8, 4) is 0 Å². The van der Waals surface area contributed by atoms with Crippen LogP contribution in [-0.2, 0) is 14.3 Å². The Kier molecular flexibility index (Phi) is 8.16. The summed E-state index contributed by atoms with van der Waals surface area (Å²) >= 11 is 16.8. The number of amides is 1. The maximum absolute atomic E-state index is 11.7. The molecule has 0 aromatic heterocycles. The normalized spacial score (nSPS) is 9.95. The maximum Gasteiger partial charge on any atom is 0.306 e. The van der Waals surface area contributed by atoms with Gasteiger partial charge in [-0.25, -0.2) is 0 Å². The van der Waals surface area contributed by atoms with Crippen molar-refractivity contribution >= 4 is 58.1 Å². The molecule has 0 radical (unpaired) electrons. The lowest BCUT2D eigenvalue weighted by atomic mass is 10.3. The molecule has 0 spiro atoms. The van der Waals surface area contributed by atoms with Crippen molar-refractivity contribution in [2.45, 2.75) is 26.2 Å². The Morgan fingerprint density at radius 2 is 2.00 bits per heavy atom. The van der Waals surface area contributed by atoms with E-state index < -0.39 is 5.97 Å². The third-order valence-electron chi connectivity index (χ3n) is 2.45. The molecule has 1 amide bonds. The molecular weight excluding hydrogens is 347 g/mol. The van der Waals surface area contributed by atoms with E-state index in [1.54, 1.807) is 18.2 Å². The SMILES string of the molecule is CCCOC(=O)CCC(=O)NC(=S)Nc1cc(Cl)ccc1Cl. The van der Waals surface area contributed by atoms with Crippen molar-refractivity contribution in [2.75, 3.05) is 11.9 Å². The zero-order valence-corrected chi connectivity index (χ0v) is 14.3. The van der Waals surface area contributed by atoms with Gasteiger partial charge in [0.15, 0.2) is 5.11 Å². The average molecular weight is 363 g/mol. The van der Waals surface area contributed by atoms with E-state index in [1.165, 1.54) is 0 Å². The molecule has 0 aliphatic heterocycles. The summed E-state index contributed by atoms with van der Waals surface area (Å²) in [6, 6.07) is 4.84. The highest BCUT2D eigenvalue weighted by Crippen LogP contribution is 2.25. The summed E-state index contributed by atoms with van der Waals surface area (Å²) in [5, 5.41) is 6.22. The smallest absolute Gasteiger partial charge is 0.306 e. The molecule has 0 bridgehead atoms. The van der Waals surface area contributed by atoms with Crippen LogP contribution in [0.3, 0.4) is 0 Å². The topological polar surface area (TPSA) is 67.4 Å². The molecule has 0 saturated carbocycles. The van der Waals surface area contributed by atoms with Gasteiger partial charge in [0, 0.05) is 11.4 Å². The molecule has 0 atom stereocenters. The highest BCUT2D eigenvalue weighted by molar-refractivity contribution is 7.80. The Bertz CT molecular complexity index is 567. The Labute approximate surface area is 144 Å². The van der Waals surface area contributed by atoms with Crippen LogP contribution in [0, 0.1) is 0 Å². The molecule has 2 N–H and O–H groups in total. The van der Waals surface area contributed by atoms with Gasteiger partial charge >= 0.3 is 5.97 Å². The molecule has 0 heterocycles. The van der Waals surface area contributed by atoms with Crippen LogP contribution in [0.2, 0.25) is 10.0 Å². The van der Waals surface area contributed by atoms with Gasteiger partial charge in [0.05, 0.1) is 23.7 Å². The molecule has 1 aromatic rings. The summed E-state index contributed by atoms with van der Waals surface area (Å²) < 4.78 is 4.87. The third kappa shape index (κ3) is 7.06. The molecule has 22 heavy (non-hydrogen) atoms. The van der Waals surface area contributed by atoms with E-state index in [1.807, 2.05) is 6.92 Å². The maximum atomic E-state index is 11.7. The first-order valence-corrected chi connectivity index (χ1v) is 7.80. The van der Waals surface area contributed by atoms with E-state index in [0.29, 0.717) is 22.3 Å². The van der Waals surface area contributed by atoms with E-state index in [9.17, 15) is 9.59 Å². The fourth-order valence-electron chi connectivity index (χ4n) is 1.44. The van der Waals surface area contributed by atoms with E-state index >= 15 is 0 Å². The van der Waals surface area contributed by atoms with Gasteiger partial charge in [-0.3, -0.25) is 9.59 Å². The minimum atomic E-state index is -0.409. The van der Waals surface area contributed by atoms with Crippen molar-refractivity contribution in [2.24, 2.45) is 0 Å². The standard InChI is InChI=1S/C14H16Cl2N2O3S/c1-2-7-21-13(20)6-5-12(19)18-14(22)17-11-8-9(15)3-4-10(11)16/h3-4,8H,2,5-7H2,1H3,(H2,17,18,19,22). The van der Waals surface area contributed by atoms with Gasteiger partial charge in [-0.2, -0.15) is 0 Å². The van der Waals surface area contributed by atoms with Crippen molar-refractivity contribution in [1.82, 2.24) is 5.32 Å². The summed E-state index contributed by atoms with van der Waals surface area (Å²) in [6.07, 6.45) is 0.742. The second kappa shape index (κ2) is 9.61. The Morgan fingerprint density at radius 1 is 1.27 bits per heavy atom. The molecule has 120 valence electrons. The molecule has 5 nitrogen and oxygen atoms in total. The molecule has 0 aliphatic carbocycles. The fraction of sp³-hybridized carbons (Fsp3) is 0.357. The predicted octanol–water partition coefficient (Wildman–Crippen LogP) is 3.54. The molecule has 1 aromatic carbocycles. The Hall–Kier alpha value is -1.37. The van der Waals surface area contributed by atoms with E-state index in [0.717, 1.165) is 6.42 Å². The predicted molar refractivity (Wildman–Crippen MR) is 91.3 cm³/mol. The first-order chi connectivity index (χ1) is 10.4. The van der Waals surface area contributed by atoms with Crippen LogP contribution in [0.25, 0.3) is 0 Å². The number of rotatable bonds is 6. The van der Waals surface area contributed by atoms with Gasteiger partial charge in [-0.1, -0.05) is 30.1 Å². The van der Waals surface area contributed by atoms with Gasteiger partial charge in [-0.15, -0.1) is 0 Å². The summed E-state index contributed by atoms with van der Waals surface area (Å²) in [4.78, 5) is 23.0. The van der Waals surface area contributed by atoms with Crippen LogP contribution in [0.4, 0.5) is 5.69 Å². The van der Waals surface area contributed by atoms with E-state index in [-0.39, 0.29) is 23.9 Å². The minimum Gasteiger partial charge on any atom is -0.466 e. The molecular formula is C14H16Cl2N2O3S. The van der Waals surface area contributed by atoms with Crippen molar-refractivity contribution in [3.63, 3.8) is 0 Å². The molecule has 0 aliphatic rings. The third-order valence-corrected chi connectivity index (χ3v) is 3.22. The summed E-state index contributed by atoms with van der Waals surface area (Å²) in [7, 11) is 0. The van der Waals surface area contributed by atoms with Gasteiger partial charge in [0.2, 0.25) is 5.91 Å². The number of carbonyl (C=O) groups is 2. The van der Waals surface area contributed by atoms with Gasteiger partial charge in [-0.05, 0) is 36.8 Å². The van der Waals surface area contributed by atoms with Crippen LogP contribution in [-0.4, -0.2) is 23.6 Å². The number of carbonyl (C=O) groups excluding carboxylic acids is 2. The zero-order valence-electron chi connectivity index (χ0n) is 11.9. The molecule has 0 saturated heterocycles. The summed E-state index contributed by atoms with van der Waals surface area (Å²) in [5.41, 5.74) is 0.488.